The number of nitrogens with zero attached hydrogens (tertiary/aromatic N) is 4. The van der Waals surface area contributed by atoms with Gasteiger partial charge >= 0.3 is 0 Å². The monoisotopic (exact) mass is 534 g/mol. The first kappa shape index (κ1) is 27.5. The molecular weight excluding hydrogens is 508 g/mol. The predicted octanol–water partition coefficient (Wildman–Crippen LogP) is 2.35. The zero-order valence-corrected chi connectivity index (χ0v) is 20.8. The number of nitrogens with two attached hydrogens (primary N) is 1. The van der Waals surface area contributed by atoms with Crippen LogP contribution >= 0.6 is 12.2 Å². The third-order valence-electron chi connectivity index (χ3n) is 5.70. The average molecular weight is 535 g/mol. The second-order valence-electron chi connectivity index (χ2n) is 8.08. The molecule has 1 heterocycles. The number of thiocarbonyl (C=S) groups is 1. The van der Waals surface area contributed by atoms with Crippen molar-refractivity contribution in [3.63, 3.8) is 0 Å². The third-order valence-corrected chi connectivity index (χ3v) is 6.01. The molecule has 37 heavy (non-hydrogen) atoms. The Kier molecular flexibility index (Phi) is 9.51. The summed E-state index contributed by atoms with van der Waals surface area (Å²) in [6.45, 7) is 1.17. The van der Waals surface area contributed by atoms with Gasteiger partial charge in [-0.2, -0.15) is 5.11 Å². The summed E-state index contributed by atoms with van der Waals surface area (Å²) in [4.78, 5) is 26.1. The molecule has 1 fully saturated rings. The molecule has 3 rings (SSSR count). The number of piperazine rings is 1. The van der Waals surface area contributed by atoms with Crippen molar-refractivity contribution in [2.75, 3.05) is 44.7 Å². The quantitative estimate of drug-likeness (QED) is 0.147. The normalized spacial score (nSPS) is 13.8. The molecule has 2 aromatic carbocycles. The number of benzene rings is 2. The summed E-state index contributed by atoms with van der Waals surface area (Å²) in [7, 11) is 1.40. The van der Waals surface area contributed by atoms with Gasteiger partial charge in [-0.25, -0.2) is 14.3 Å². The molecule has 196 valence electrons. The van der Waals surface area contributed by atoms with Crippen molar-refractivity contribution < 1.29 is 28.6 Å². The van der Waals surface area contributed by atoms with Crippen molar-refractivity contribution in [3.05, 3.63) is 75.6 Å². The number of carbonyl (C=O) groups excluding carboxylic acids is 1. The Hall–Kier alpha value is -4.04. The SMILES string of the molecule is COC(=S)NCC(=C[NH2+]c1cc(F)c(N2CCN(C(=O)Cc3ccc([N+](=O)[O-])cc3)CC2)c(F)c1)N=N. The Morgan fingerprint density at radius 1 is 1.24 bits per heavy atom. The zero-order chi connectivity index (χ0) is 26.9. The molecule has 1 aliphatic heterocycles. The number of carbonyl (C=O) groups is 1. The molecule has 0 unspecified atom stereocenters. The minimum absolute atomic E-state index is 0.0518. The van der Waals surface area contributed by atoms with Gasteiger partial charge in [0.1, 0.15) is 23.3 Å². The van der Waals surface area contributed by atoms with Gasteiger partial charge in [-0.15, -0.1) is 0 Å². The lowest BCUT2D eigenvalue weighted by Crippen LogP contribution is -2.71. The van der Waals surface area contributed by atoms with Crippen LogP contribution in [0.4, 0.5) is 25.8 Å². The number of hydrogen-bond donors (Lipinski definition) is 3. The second-order valence-corrected chi connectivity index (χ2v) is 8.45. The molecule has 1 saturated heterocycles. The van der Waals surface area contributed by atoms with Crippen LogP contribution in [-0.2, 0) is 16.0 Å². The summed E-state index contributed by atoms with van der Waals surface area (Å²) in [5.41, 5.74) is 8.18. The first-order valence-corrected chi connectivity index (χ1v) is 11.6. The van der Waals surface area contributed by atoms with E-state index in [9.17, 15) is 23.7 Å². The Morgan fingerprint density at radius 3 is 2.41 bits per heavy atom. The van der Waals surface area contributed by atoms with Crippen molar-refractivity contribution in [3.8, 4) is 0 Å². The van der Waals surface area contributed by atoms with Gasteiger partial charge in [-0.1, -0.05) is 12.1 Å². The van der Waals surface area contributed by atoms with E-state index in [0.717, 1.165) is 0 Å². The predicted molar refractivity (Wildman–Crippen MR) is 134 cm³/mol. The highest BCUT2D eigenvalue weighted by atomic mass is 32.1. The number of rotatable bonds is 9. The summed E-state index contributed by atoms with van der Waals surface area (Å²) >= 11 is 4.85. The molecule has 1 aliphatic rings. The molecule has 0 saturated carbocycles. The number of methoxy groups -OCH3 is 1. The zero-order valence-electron chi connectivity index (χ0n) is 19.9. The summed E-state index contributed by atoms with van der Waals surface area (Å²) in [5, 5.41) is 18.4. The average Bonchev–Trinajstić information content (AvgIpc) is 2.88. The molecule has 0 aliphatic carbocycles. The smallest absolute Gasteiger partial charge is 0.269 e. The number of ether oxygens (including phenoxy) is 1. The first-order chi connectivity index (χ1) is 17.7. The Balaban J connectivity index is 1.58. The van der Waals surface area contributed by atoms with E-state index in [1.54, 1.807) is 9.80 Å². The van der Waals surface area contributed by atoms with Gasteiger partial charge in [-0.05, 0) is 17.8 Å². The third kappa shape index (κ3) is 7.47. The van der Waals surface area contributed by atoms with Gasteiger partial charge in [0.25, 0.3) is 10.9 Å². The second kappa shape index (κ2) is 12.8. The fourth-order valence-corrected chi connectivity index (χ4v) is 3.82. The molecule has 0 aromatic heterocycles. The summed E-state index contributed by atoms with van der Waals surface area (Å²) < 4.78 is 34.6. The maximum Gasteiger partial charge on any atom is 0.269 e. The molecule has 0 atom stereocenters. The van der Waals surface area contributed by atoms with Gasteiger partial charge in [0, 0.05) is 50.4 Å². The van der Waals surface area contributed by atoms with Crippen molar-refractivity contribution in [1.82, 2.24) is 10.2 Å². The van der Waals surface area contributed by atoms with Crippen LogP contribution in [0.5, 0.6) is 0 Å². The van der Waals surface area contributed by atoms with Crippen LogP contribution in [0.1, 0.15) is 5.56 Å². The minimum Gasteiger partial charge on any atom is -0.474 e. The number of nitro benzene ring substituents is 1. The van der Waals surface area contributed by atoms with Crippen LogP contribution in [0.25, 0.3) is 0 Å². The number of nitro groups is 1. The lowest BCUT2D eigenvalue weighted by molar-refractivity contribution is -0.497. The molecule has 2 aromatic rings. The maximum absolute atomic E-state index is 14.9. The molecule has 14 heteroatoms. The van der Waals surface area contributed by atoms with Crippen LogP contribution < -0.4 is 15.5 Å². The molecule has 0 bridgehead atoms. The number of anilines is 1. The molecule has 0 radical (unpaired) electrons. The van der Waals surface area contributed by atoms with E-state index in [1.165, 1.54) is 55.0 Å². The first-order valence-electron chi connectivity index (χ1n) is 11.2. The number of non-ortho nitro benzene ring substituents is 1. The summed E-state index contributed by atoms with van der Waals surface area (Å²) in [6.07, 6.45) is 1.53. The van der Waals surface area contributed by atoms with E-state index in [4.69, 9.17) is 22.5 Å². The van der Waals surface area contributed by atoms with E-state index in [1.807, 2.05) is 0 Å². The Labute approximate surface area is 216 Å². The summed E-state index contributed by atoms with van der Waals surface area (Å²) in [5.74, 6) is -1.65. The van der Waals surface area contributed by atoms with Gasteiger partial charge in [-0.3, -0.25) is 20.2 Å². The highest BCUT2D eigenvalue weighted by molar-refractivity contribution is 7.80. The number of hydrogen-bond acceptors (Lipinski definition) is 8. The highest BCUT2D eigenvalue weighted by Crippen LogP contribution is 2.27. The Bertz CT molecular complexity index is 1180. The number of amides is 1. The number of halogens is 2. The molecule has 4 N–H and O–H groups in total. The Morgan fingerprint density at radius 2 is 1.86 bits per heavy atom. The van der Waals surface area contributed by atoms with Gasteiger partial charge in [0.05, 0.1) is 25.0 Å². The van der Waals surface area contributed by atoms with Gasteiger partial charge in [0.2, 0.25) is 5.91 Å². The minimum atomic E-state index is -0.742. The standard InChI is InChI=1S/C23H25F2N7O4S/c1-36-23(37)28-14-17(29-26)13-27-16-11-19(24)22(20(25)12-16)31-8-6-30(7-9-31)21(33)10-15-2-4-18(5-3-15)32(34)35/h2-5,11-13,26-27H,6-10,14H2,1H3,(H,28,37)/p+1. The van der Waals surface area contributed by atoms with Crippen molar-refractivity contribution in [2.45, 2.75) is 6.42 Å². The van der Waals surface area contributed by atoms with Crippen LogP contribution in [-0.4, -0.2) is 60.7 Å². The fourth-order valence-electron chi connectivity index (χ4n) is 3.75. The van der Waals surface area contributed by atoms with E-state index in [-0.39, 0.29) is 73.0 Å². The van der Waals surface area contributed by atoms with Crippen molar-refractivity contribution in [1.29, 1.82) is 5.53 Å². The molecule has 1 amide bonds. The molecule has 0 spiro atoms. The number of quaternary nitrogens is 1. The lowest BCUT2D eigenvalue weighted by atomic mass is 10.1. The van der Waals surface area contributed by atoms with Crippen LogP contribution in [0.15, 0.2) is 53.4 Å². The van der Waals surface area contributed by atoms with E-state index in [0.29, 0.717) is 5.56 Å². The van der Waals surface area contributed by atoms with E-state index >= 15 is 0 Å². The van der Waals surface area contributed by atoms with Gasteiger partial charge < -0.3 is 19.9 Å². The van der Waals surface area contributed by atoms with Gasteiger partial charge in [0.15, 0.2) is 11.6 Å². The topological polar surface area (TPSA) is 141 Å². The highest BCUT2D eigenvalue weighted by Gasteiger charge is 2.26. The summed E-state index contributed by atoms with van der Waals surface area (Å²) in [6, 6.07) is 8.15. The van der Waals surface area contributed by atoms with Crippen molar-refractivity contribution in [2.24, 2.45) is 5.11 Å². The van der Waals surface area contributed by atoms with Crippen LogP contribution in [0, 0.1) is 27.3 Å². The van der Waals surface area contributed by atoms with Crippen molar-refractivity contribution >= 4 is 40.4 Å². The largest absolute Gasteiger partial charge is 0.474 e. The molecule has 11 nitrogen and oxygen atoms in total. The van der Waals surface area contributed by atoms with Crippen LogP contribution in [0.2, 0.25) is 0 Å². The maximum atomic E-state index is 14.9. The lowest BCUT2D eigenvalue weighted by Gasteiger charge is -2.36. The fraction of sp³-hybridized carbons (Fsp3) is 0.304. The van der Waals surface area contributed by atoms with Crippen LogP contribution in [0.3, 0.4) is 0 Å². The number of nitrogens with one attached hydrogen (secondary N) is 2. The molecular formula is C23H26F2N7O4S+. The van der Waals surface area contributed by atoms with E-state index in [2.05, 4.69) is 10.4 Å². The van der Waals surface area contributed by atoms with E-state index < -0.39 is 16.6 Å².